The molecule has 1 aromatic carbocycles. The summed E-state index contributed by atoms with van der Waals surface area (Å²) in [6.45, 7) is 5.66. The lowest BCUT2D eigenvalue weighted by molar-refractivity contribution is -0.137. The number of nitrogens with one attached hydrogen (secondary N) is 1. The van der Waals surface area contributed by atoms with Crippen molar-refractivity contribution in [1.82, 2.24) is 15.5 Å². The van der Waals surface area contributed by atoms with Gasteiger partial charge in [0.1, 0.15) is 10.8 Å². The Labute approximate surface area is 223 Å². The molecule has 0 aliphatic heterocycles. The van der Waals surface area contributed by atoms with Gasteiger partial charge in [-0.1, -0.05) is 37.3 Å². The summed E-state index contributed by atoms with van der Waals surface area (Å²) in [5.41, 5.74) is -0.845. The van der Waals surface area contributed by atoms with Crippen LogP contribution in [0.3, 0.4) is 0 Å². The number of allylic oxidation sites excluding steroid dienone is 3. The average molecular weight is 571 g/mol. The number of anilines is 1. The number of alkyl halides is 3. The van der Waals surface area contributed by atoms with Crippen molar-refractivity contribution < 1.29 is 31.1 Å². The zero-order valence-corrected chi connectivity index (χ0v) is 23.0. The second-order valence-electron chi connectivity index (χ2n) is 9.54. The second-order valence-corrected chi connectivity index (χ2v) is 12.5. The number of ether oxygens (including phenoxy) is 1. The van der Waals surface area contributed by atoms with Gasteiger partial charge in [0, 0.05) is 19.0 Å². The lowest BCUT2D eigenvalue weighted by Crippen LogP contribution is -2.29. The van der Waals surface area contributed by atoms with E-state index in [2.05, 4.69) is 15.5 Å². The highest BCUT2D eigenvalue weighted by Crippen LogP contribution is 2.43. The first-order valence-electron chi connectivity index (χ1n) is 12.2. The second kappa shape index (κ2) is 10.7. The number of rotatable bonds is 9. The van der Waals surface area contributed by atoms with E-state index in [1.165, 1.54) is 18.4 Å². The molecule has 1 N–H and O–H groups in total. The first-order chi connectivity index (χ1) is 17.8. The summed E-state index contributed by atoms with van der Waals surface area (Å²) in [4.78, 5) is 13.0. The summed E-state index contributed by atoms with van der Waals surface area (Å²) >= 11 is 1.23. The normalized spacial score (nSPS) is 21.3. The number of nitrogens with zero attached hydrogens (tertiary/aromatic N) is 3. The molecule has 0 spiro atoms. The van der Waals surface area contributed by atoms with Crippen LogP contribution in [0.5, 0.6) is 5.75 Å². The Balaban J connectivity index is 1.37. The maximum Gasteiger partial charge on any atom is 0.416 e. The topological polar surface area (TPSA) is 101 Å². The molecule has 8 nitrogen and oxygen atoms in total. The van der Waals surface area contributed by atoms with Gasteiger partial charge in [0.15, 0.2) is 0 Å². The fraction of sp³-hybridized carbons (Fsp3) is 0.480. The van der Waals surface area contributed by atoms with E-state index in [0.717, 1.165) is 27.5 Å². The van der Waals surface area contributed by atoms with Crippen molar-refractivity contribution in [2.75, 3.05) is 18.0 Å². The smallest absolute Gasteiger partial charge is 0.416 e. The molecule has 206 valence electrons. The first-order valence-corrected chi connectivity index (χ1v) is 14.4. The van der Waals surface area contributed by atoms with Crippen LogP contribution in [-0.4, -0.2) is 44.2 Å². The van der Waals surface area contributed by atoms with Crippen LogP contribution in [0.1, 0.15) is 60.5 Å². The van der Waals surface area contributed by atoms with Crippen LogP contribution in [-0.2, 0) is 16.2 Å². The van der Waals surface area contributed by atoms with E-state index < -0.39 is 27.7 Å². The molecule has 0 radical (unpaired) electrons. The van der Waals surface area contributed by atoms with E-state index in [4.69, 9.17) is 4.74 Å². The molecule has 38 heavy (non-hydrogen) atoms. The number of halogens is 3. The van der Waals surface area contributed by atoms with Crippen LogP contribution < -0.4 is 14.4 Å². The Morgan fingerprint density at radius 1 is 1.29 bits per heavy atom. The van der Waals surface area contributed by atoms with Crippen LogP contribution in [0.25, 0.3) is 0 Å². The highest BCUT2D eigenvalue weighted by molar-refractivity contribution is 7.96. The third-order valence-corrected chi connectivity index (χ3v) is 9.72. The summed E-state index contributed by atoms with van der Waals surface area (Å²) in [6, 6.07) is 2.65. The molecule has 4 rings (SSSR count). The minimum absolute atomic E-state index is 0.0256. The van der Waals surface area contributed by atoms with Gasteiger partial charge < -0.3 is 10.1 Å². The minimum atomic E-state index is -4.54. The number of hydrogen-bond acceptors (Lipinski definition) is 7. The Bertz CT molecular complexity index is 1370. The molecule has 2 aromatic rings. The zero-order valence-electron chi connectivity index (χ0n) is 21.3. The molecule has 2 aliphatic carbocycles. The van der Waals surface area contributed by atoms with E-state index >= 15 is 0 Å². The molecule has 0 saturated heterocycles. The highest BCUT2D eigenvalue weighted by atomic mass is 32.2. The summed E-state index contributed by atoms with van der Waals surface area (Å²) < 4.78 is 71.8. The monoisotopic (exact) mass is 570 g/mol. The largest absolute Gasteiger partial charge is 0.493 e. The van der Waals surface area contributed by atoms with Gasteiger partial charge in [0.2, 0.25) is 5.13 Å². The summed E-state index contributed by atoms with van der Waals surface area (Å²) in [5, 5.41) is 12.0. The van der Waals surface area contributed by atoms with E-state index in [1.54, 1.807) is 19.1 Å². The number of sulfonamides is 1. The van der Waals surface area contributed by atoms with Crippen molar-refractivity contribution in [2.24, 2.45) is 11.8 Å². The zero-order chi connectivity index (χ0) is 27.8. The van der Waals surface area contributed by atoms with Crippen molar-refractivity contribution >= 4 is 32.4 Å². The molecule has 13 heteroatoms. The van der Waals surface area contributed by atoms with Crippen LogP contribution in [0.15, 0.2) is 41.3 Å². The quantitative estimate of drug-likeness (QED) is 0.449. The fourth-order valence-corrected chi connectivity index (χ4v) is 6.47. The van der Waals surface area contributed by atoms with Gasteiger partial charge in [-0.25, -0.2) is 12.7 Å². The van der Waals surface area contributed by atoms with Gasteiger partial charge in [-0.3, -0.25) is 4.79 Å². The van der Waals surface area contributed by atoms with Gasteiger partial charge in [-0.2, -0.15) is 13.2 Å². The molecule has 1 amide bonds. The molecule has 1 unspecified atom stereocenters. The molecule has 1 aromatic heterocycles. The highest BCUT2D eigenvalue weighted by Gasteiger charge is 2.44. The minimum Gasteiger partial charge on any atom is -0.493 e. The van der Waals surface area contributed by atoms with Crippen molar-refractivity contribution in [2.45, 2.75) is 51.7 Å². The first kappa shape index (κ1) is 28.1. The Morgan fingerprint density at radius 3 is 2.61 bits per heavy atom. The molecule has 1 fully saturated rings. The van der Waals surface area contributed by atoms with Gasteiger partial charge in [-0.15, -0.1) is 10.2 Å². The number of amides is 1. The fourth-order valence-electron chi connectivity index (χ4n) is 4.24. The van der Waals surface area contributed by atoms with E-state index in [9.17, 15) is 26.4 Å². The predicted molar refractivity (Wildman–Crippen MR) is 139 cm³/mol. The van der Waals surface area contributed by atoms with E-state index in [-0.39, 0.29) is 46.6 Å². The summed E-state index contributed by atoms with van der Waals surface area (Å²) in [5.74, 6) is -0.364. The molecule has 2 aliphatic rings. The average Bonchev–Trinajstić information content (AvgIpc) is 3.44. The molecular weight excluding hydrogens is 541 g/mol. The lowest BCUT2D eigenvalue weighted by Gasteiger charge is -2.21. The van der Waals surface area contributed by atoms with Crippen molar-refractivity contribution in [3.63, 3.8) is 0 Å². The molecule has 1 heterocycles. The third-order valence-electron chi connectivity index (χ3n) is 6.51. The molecular formula is C25H29F3N4O4S2. The third kappa shape index (κ3) is 5.88. The molecule has 3 atom stereocenters. The van der Waals surface area contributed by atoms with Gasteiger partial charge >= 0.3 is 6.18 Å². The number of aromatic nitrogens is 2. The van der Waals surface area contributed by atoms with Crippen LogP contribution in [0.2, 0.25) is 0 Å². The summed E-state index contributed by atoms with van der Waals surface area (Å²) in [7, 11) is -2.35. The molecule has 0 bridgehead atoms. The number of carbonyl (C=O) groups excluding carboxylic acids is 1. The van der Waals surface area contributed by atoms with E-state index in [1.807, 2.05) is 19.9 Å². The maximum absolute atomic E-state index is 13.1. The Hall–Kier alpha value is -2.93. The number of benzene rings is 1. The Kier molecular flexibility index (Phi) is 7.89. The van der Waals surface area contributed by atoms with Crippen LogP contribution >= 0.6 is 11.3 Å². The van der Waals surface area contributed by atoms with Crippen LogP contribution in [0, 0.1) is 11.8 Å². The lowest BCUT2D eigenvalue weighted by atomic mass is 9.95. The van der Waals surface area contributed by atoms with Gasteiger partial charge in [-0.05, 0) is 55.9 Å². The van der Waals surface area contributed by atoms with Crippen LogP contribution in [0.4, 0.5) is 18.3 Å². The predicted octanol–water partition coefficient (Wildman–Crippen LogP) is 5.12. The maximum atomic E-state index is 13.1. The SMILES string of the molecule is CCOc1cc(C(F)(F)F)ccc1C(=O)N[C@@H]1C[C@H]1C1C=CC(S(=O)(=O)N(C)c2nnc(C(C)C)s2)=CC1. The van der Waals surface area contributed by atoms with Gasteiger partial charge in [0.25, 0.3) is 15.9 Å². The summed E-state index contributed by atoms with van der Waals surface area (Å²) in [6.07, 6.45) is 1.70. The standard InChI is InChI=1S/C25H29F3N4O4S2/c1-5-36-21-12-16(25(26,27)28)8-11-18(21)22(33)29-20-13-19(20)15-6-9-17(10-7-15)38(34,35)32(4)24-31-30-23(37-24)14(2)3/h6,8-12,14-15,19-20H,5,7,13H2,1-4H3,(H,29,33)/t15?,19-,20+/m0/s1. The number of carbonyl (C=O) groups is 1. The van der Waals surface area contributed by atoms with Crippen molar-refractivity contribution in [3.8, 4) is 5.75 Å². The van der Waals surface area contributed by atoms with Crippen molar-refractivity contribution in [3.05, 3.63) is 57.5 Å². The Morgan fingerprint density at radius 2 is 2.03 bits per heavy atom. The number of hydrogen-bond donors (Lipinski definition) is 1. The van der Waals surface area contributed by atoms with Gasteiger partial charge in [0.05, 0.1) is 22.6 Å². The molecule has 1 saturated carbocycles. The van der Waals surface area contributed by atoms with Crippen molar-refractivity contribution in [1.29, 1.82) is 0 Å². The van der Waals surface area contributed by atoms with E-state index in [0.29, 0.717) is 18.0 Å².